The number of benzene rings is 2. The van der Waals surface area contributed by atoms with Crippen LogP contribution < -0.4 is 5.32 Å². The number of fused-ring (bicyclic) bond motifs is 4. The van der Waals surface area contributed by atoms with Crippen molar-refractivity contribution >= 4 is 52.7 Å². The Kier molecular flexibility index (Phi) is 10.6. The summed E-state index contributed by atoms with van der Waals surface area (Å²) in [7, 11) is 1.86. The fourth-order valence-electron chi connectivity index (χ4n) is 9.58. The van der Waals surface area contributed by atoms with E-state index in [1.165, 1.54) is 6.08 Å². The molecule has 2 aliphatic carbocycles. The molecule has 4 heterocycles. The number of carbonyl (C=O) groups excluding carboxylic acids is 1. The van der Waals surface area contributed by atoms with Crippen LogP contribution in [-0.2, 0) is 37.8 Å². The van der Waals surface area contributed by atoms with Gasteiger partial charge in [0.05, 0.1) is 38.6 Å². The molecule has 0 spiro atoms. The van der Waals surface area contributed by atoms with Crippen molar-refractivity contribution in [2.45, 2.75) is 77.5 Å². The maximum atomic E-state index is 15.7. The highest BCUT2D eigenvalue weighted by molar-refractivity contribution is 6.39. The standard InChI is InChI=1S/C43H47Cl2FN6O4/c1-26(53)22-52-16-9-27-20-34(47-21-29(27)23-52)32(46)19-28-5-3-6-30(37(28)44)31-7-4-8-33(38(31)45)49-40(54)39-48-35-24-51(17-10-36(35)50(39)2)18-15-42-11-13-43(25-42,14-12-42)41(55)56/h3-8,19-21,26,53H,9-18,22-25H2,1-2H3,(H,49,54)(H,55,56)/b32-19-. The molecule has 8 rings (SSSR count). The largest absolute Gasteiger partial charge is 0.481 e. The maximum absolute atomic E-state index is 15.7. The van der Waals surface area contributed by atoms with Crippen LogP contribution in [0.15, 0.2) is 48.7 Å². The number of β-amino-alcohol motifs (C(OH)–C–C–N with tert-alkyl or cyclic N) is 1. The van der Waals surface area contributed by atoms with Crippen LogP contribution in [0.25, 0.3) is 23.0 Å². The number of pyridine rings is 1. The van der Waals surface area contributed by atoms with Crippen molar-refractivity contribution in [2.75, 3.05) is 31.5 Å². The van der Waals surface area contributed by atoms with E-state index in [0.29, 0.717) is 57.9 Å². The van der Waals surface area contributed by atoms with Crippen LogP contribution in [0.2, 0.25) is 10.0 Å². The van der Waals surface area contributed by atoms with Crippen LogP contribution in [0.5, 0.6) is 0 Å². The lowest BCUT2D eigenvalue weighted by Gasteiger charge is -2.32. The smallest absolute Gasteiger partial charge is 0.309 e. The van der Waals surface area contributed by atoms with E-state index in [1.807, 2.05) is 11.6 Å². The topological polar surface area (TPSA) is 124 Å². The fraction of sp³-hybridized carbons (Fsp3) is 0.442. The van der Waals surface area contributed by atoms with Crippen LogP contribution in [0, 0.1) is 10.8 Å². The summed E-state index contributed by atoms with van der Waals surface area (Å²) in [5.74, 6) is -1.23. The highest BCUT2D eigenvalue weighted by Gasteiger charge is 2.57. The predicted molar refractivity (Wildman–Crippen MR) is 216 cm³/mol. The van der Waals surface area contributed by atoms with Crippen LogP contribution in [0.1, 0.15) is 89.8 Å². The second-order valence-corrected chi connectivity index (χ2v) is 17.2. The van der Waals surface area contributed by atoms with Gasteiger partial charge in [0.15, 0.2) is 5.82 Å². The molecular formula is C43H47Cl2FN6O4. The molecule has 13 heteroatoms. The summed E-state index contributed by atoms with van der Waals surface area (Å²) in [6.07, 6.45) is 9.51. The first-order valence-corrected chi connectivity index (χ1v) is 20.2. The Morgan fingerprint density at radius 3 is 2.46 bits per heavy atom. The van der Waals surface area contributed by atoms with Crippen LogP contribution in [0.4, 0.5) is 10.1 Å². The van der Waals surface area contributed by atoms with Gasteiger partial charge in [-0.25, -0.2) is 9.37 Å². The summed E-state index contributed by atoms with van der Waals surface area (Å²) < 4.78 is 17.6. The number of anilines is 1. The average Bonchev–Trinajstić information content (AvgIpc) is 3.86. The summed E-state index contributed by atoms with van der Waals surface area (Å²) in [6.45, 7) is 6.18. The number of aliphatic hydroxyl groups excluding tert-OH is 1. The van der Waals surface area contributed by atoms with Gasteiger partial charge in [-0.2, -0.15) is 0 Å². The fourth-order valence-corrected chi connectivity index (χ4v) is 10.1. The zero-order valence-electron chi connectivity index (χ0n) is 31.8. The number of halogens is 3. The van der Waals surface area contributed by atoms with Crippen molar-refractivity contribution < 1.29 is 24.2 Å². The van der Waals surface area contributed by atoms with Crippen molar-refractivity contribution in [3.05, 3.63) is 98.3 Å². The first-order chi connectivity index (χ1) is 26.8. The number of carbonyl (C=O) groups is 2. The summed E-state index contributed by atoms with van der Waals surface area (Å²) in [5.41, 5.74) is 5.85. The number of rotatable bonds is 11. The quantitative estimate of drug-likeness (QED) is 0.139. The van der Waals surface area contributed by atoms with Crippen molar-refractivity contribution in [1.82, 2.24) is 24.3 Å². The van der Waals surface area contributed by atoms with Gasteiger partial charge in [-0.15, -0.1) is 0 Å². The lowest BCUT2D eigenvalue weighted by atomic mass is 9.80. The zero-order valence-corrected chi connectivity index (χ0v) is 33.3. The van der Waals surface area contributed by atoms with E-state index in [0.717, 1.165) is 93.5 Å². The Bertz CT molecular complexity index is 2230. The number of aliphatic hydroxyl groups is 1. The van der Waals surface area contributed by atoms with Gasteiger partial charge in [0.1, 0.15) is 5.83 Å². The molecule has 2 aromatic carbocycles. The number of aliphatic carboxylic acids is 1. The molecule has 4 aliphatic rings. The van der Waals surface area contributed by atoms with Gasteiger partial charge in [0.25, 0.3) is 5.91 Å². The highest BCUT2D eigenvalue weighted by atomic mass is 35.5. The van der Waals surface area contributed by atoms with Crippen molar-refractivity contribution in [2.24, 2.45) is 17.9 Å². The molecule has 1 amide bonds. The van der Waals surface area contributed by atoms with Gasteiger partial charge < -0.3 is 20.1 Å². The molecule has 1 unspecified atom stereocenters. The Morgan fingerprint density at radius 2 is 1.73 bits per heavy atom. The summed E-state index contributed by atoms with van der Waals surface area (Å²) >= 11 is 13.9. The molecule has 2 aromatic heterocycles. The van der Waals surface area contributed by atoms with E-state index in [-0.39, 0.29) is 17.0 Å². The predicted octanol–water partition coefficient (Wildman–Crippen LogP) is 8.03. The first kappa shape index (κ1) is 38.7. The molecule has 2 fully saturated rings. The van der Waals surface area contributed by atoms with Crippen molar-refractivity contribution in [3.8, 4) is 11.1 Å². The third-order valence-corrected chi connectivity index (χ3v) is 13.5. The van der Waals surface area contributed by atoms with Gasteiger partial charge in [-0.1, -0.05) is 53.5 Å². The number of imidazole rings is 1. The highest BCUT2D eigenvalue weighted by Crippen LogP contribution is 2.63. The number of amides is 1. The lowest BCUT2D eigenvalue weighted by Crippen LogP contribution is -2.35. The van der Waals surface area contributed by atoms with E-state index in [1.54, 1.807) is 55.6 Å². The van der Waals surface area contributed by atoms with E-state index >= 15 is 4.39 Å². The molecule has 3 N–H and O–H groups in total. The molecule has 2 aliphatic heterocycles. The Hall–Kier alpha value is -4.13. The van der Waals surface area contributed by atoms with Gasteiger partial charge in [-0.05, 0) is 98.7 Å². The first-order valence-electron chi connectivity index (χ1n) is 19.5. The van der Waals surface area contributed by atoms with Crippen molar-refractivity contribution in [1.29, 1.82) is 0 Å². The number of carboxylic acid groups (broad SMARTS) is 1. The van der Waals surface area contributed by atoms with E-state index in [9.17, 15) is 19.8 Å². The molecule has 0 radical (unpaired) electrons. The SMILES string of the molecule is CC(O)CN1CCc2cc(/C(F)=C/c3cccc(-c4cccc(NC(=O)c5nc6c(n5C)CCN(CCC57CCC(C(=O)O)(CC5)C7)C6)c4Cl)c3Cl)ncc2C1. The van der Waals surface area contributed by atoms with E-state index in [2.05, 4.69) is 20.1 Å². The third kappa shape index (κ3) is 7.40. The van der Waals surface area contributed by atoms with Crippen LogP contribution in [-0.4, -0.2) is 78.7 Å². The molecule has 10 nitrogen and oxygen atoms in total. The lowest BCUT2D eigenvalue weighted by molar-refractivity contribution is -0.148. The minimum Gasteiger partial charge on any atom is -0.481 e. The maximum Gasteiger partial charge on any atom is 0.309 e. The van der Waals surface area contributed by atoms with Gasteiger partial charge in [0, 0.05) is 69.2 Å². The summed E-state index contributed by atoms with van der Waals surface area (Å²) in [6, 6.07) is 12.4. The molecular weight excluding hydrogens is 754 g/mol. The average molecular weight is 802 g/mol. The molecule has 1 atom stereocenters. The second kappa shape index (κ2) is 15.3. The number of carboxylic acids is 1. The monoisotopic (exact) mass is 800 g/mol. The number of hydrogen-bond acceptors (Lipinski definition) is 7. The van der Waals surface area contributed by atoms with Crippen LogP contribution >= 0.6 is 23.2 Å². The van der Waals surface area contributed by atoms with Gasteiger partial charge in [-0.3, -0.25) is 24.4 Å². The van der Waals surface area contributed by atoms with E-state index in [4.69, 9.17) is 28.2 Å². The number of hydrogen-bond donors (Lipinski definition) is 3. The third-order valence-electron chi connectivity index (χ3n) is 12.7. The normalized spacial score (nSPS) is 22.9. The Labute approximate surface area is 336 Å². The number of nitrogens with one attached hydrogen (secondary N) is 1. The zero-order chi connectivity index (χ0) is 39.4. The second-order valence-electron chi connectivity index (χ2n) is 16.4. The summed E-state index contributed by atoms with van der Waals surface area (Å²) in [5, 5.41) is 23.1. The number of nitrogens with zero attached hydrogens (tertiary/aromatic N) is 5. The Morgan fingerprint density at radius 1 is 1.00 bits per heavy atom. The summed E-state index contributed by atoms with van der Waals surface area (Å²) in [4.78, 5) is 39.4. The van der Waals surface area contributed by atoms with Gasteiger partial charge >= 0.3 is 5.97 Å². The van der Waals surface area contributed by atoms with E-state index < -0.39 is 23.3 Å². The molecule has 0 saturated heterocycles. The molecule has 2 bridgehead atoms. The molecule has 2 saturated carbocycles. The minimum absolute atomic E-state index is 0.129. The van der Waals surface area contributed by atoms with Crippen molar-refractivity contribution in [3.63, 3.8) is 0 Å². The number of aromatic nitrogens is 3. The van der Waals surface area contributed by atoms with Crippen LogP contribution in [0.3, 0.4) is 0 Å². The molecule has 4 aromatic rings. The minimum atomic E-state index is -0.631. The molecule has 56 heavy (non-hydrogen) atoms. The van der Waals surface area contributed by atoms with Gasteiger partial charge in [0.2, 0.25) is 0 Å². The Balaban J connectivity index is 0.947. The molecule has 294 valence electrons.